The molecule has 1 amide bonds. The molecule has 1 atom stereocenters. The monoisotopic (exact) mass is 405 g/mol. The van der Waals surface area contributed by atoms with E-state index >= 15 is 0 Å². The number of pyridine rings is 1. The molecule has 5 rings (SSSR count). The van der Waals surface area contributed by atoms with Crippen LogP contribution in [0.1, 0.15) is 59.3 Å². The van der Waals surface area contributed by atoms with Crippen LogP contribution in [0.3, 0.4) is 0 Å². The molecule has 0 bridgehead atoms. The van der Waals surface area contributed by atoms with Gasteiger partial charge in [0.25, 0.3) is 5.91 Å². The standard InChI is InChI=1S/C25H31N3O2/c29-25(24-9-8-23(15-27-24)30-16-18-4-5-18)28-22-11-20-7-6-19(10-21(20)12-22)14-26-13-17-2-1-3-17/h6-10,15,17-18,22,26H,1-5,11-14,16H2,(H,28,29)/t22-/m1/s1. The molecular weight excluding hydrogens is 374 g/mol. The van der Waals surface area contributed by atoms with Gasteiger partial charge in [0, 0.05) is 12.6 Å². The summed E-state index contributed by atoms with van der Waals surface area (Å²) in [6.07, 6.45) is 10.1. The Morgan fingerprint density at radius 2 is 1.90 bits per heavy atom. The number of nitrogens with zero attached hydrogens (tertiary/aromatic N) is 1. The van der Waals surface area contributed by atoms with Gasteiger partial charge in [-0.1, -0.05) is 24.6 Å². The molecule has 5 nitrogen and oxygen atoms in total. The van der Waals surface area contributed by atoms with Crippen LogP contribution in [0.25, 0.3) is 0 Å². The summed E-state index contributed by atoms with van der Waals surface area (Å²) in [6.45, 7) is 2.82. The van der Waals surface area contributed by atoms with Gasteiger partial charge < -0.3 is 15.4 Å². The molecule has 1 heterocycles. The zero-order chi connectivity index (χ0) is 20.3. The van der Waals surface area contributed by atoms with Gasteiger partial charge >= 0.3 is 0 Å². The fraction of sp³-hybridized carbons (Fsp3) is 0.520. The maximum absolute atomic E-state index is 12.6. The van der Waals surface area contributed by atoms with Crippen molar-refractivity contribution in [3.8, 4) is 5.75 Å². The van der Waals surface area contributed by atoms with Crippen LogP contribution in [0.2, 0.25) is 0 Å². The minimum Gasteiger partial charge on any atom is -0.492 e. The topological polar surface area (TPSA) is 63.2 Å². The first-order chi connectivity index (χ1) is 14.7. The van der Waals surface area contributed by atoms with E-state index in [0.717, 1.165) is 44.2 Å². The van der Waals surface area contributed by atoms with Crippen molar-refractivity contribution in [1.29, 1.82) is 0 Å². The summed E-state index contributed by atoms with van der Waals surface area (Å²) in [4.78, 5) is 16.9. The second-order valence-corrected chi connectivity index (χ2v) is 9.24. The van der Waals surface area contributed by atoms with Crippen molar-refractivity contribution in [2.45, 2.75) is 57.5 Å². The van der Waals surface area contributed by atoms with E-state index in [1.807, 2.05) is 6.07 Å². The van der Waals surface area contributed by atoms with Gasteiger partial charge in [-0.3, -0.25) is 4.79 Å². The Morgan fingerprint density at radius 3 is 2.63 bits per heavy atom. The molecule has 0 aliphatic heterocycles. The van der Waals surface area contributed by atoms with Crippen molar-refractivity contribution >= 4 is 5.91 Å². The second kappa shape index (κ2) is 8.76. The number of ether oxygens (including phenoxy) is 1. The molecule has 2 N–H and O–H groups in total. The number of aromatic nitrogens is 1. The van der Waals surface area contributed by atoms with Crippen molar-refractivity contribution in [1.82, 2.24) is 15.6 Å². The number of carbonyl (C=O) groups excluding carboxylic acids is 1. The molecule has 0 spiro atoms. The Kier molecular flexibility index (Phi) is 5.71. The number of rotatable bonds is 9. The molecule has 1 aromatic carbocycles. The second-order valence-electron chi connectivity index (χ2n) is 9.24. The number of fused-ring (bicyclic) bond motifs is 1. The van der Waals surface area contributed by atoms with E-state index in [1.54, 1.807) is 12.3 Å². The number of hydrogen-bond acceptors (Lipinski definition) is 4. The highest BCUT2D eigenvalue weighted by Crippen LogP contribution is 2.29. The van der Waals surface area contributed by atoms with Crippen LogP contribution in [0, 0.1) is 11.8 Å². The molecule has 0 unspecified atom stereocenters. The molecule has 158 valence electrons. The maximum atomic E-state index is 12.6. The lowest BCUT2D eigenvalue weighted by atomic mass is 9.85. The Labute approximate surface area is 178 Å². The Hall–Kier alpha value is -2.40. The SMILES string of the molecule is O=C(N[C@@H]1Cc2ccc(CNCC3CCC3)cc2C1)c1ccc(OCC2CC2)cn1. The minimum atomic E-state index is -0.107. The summed E-state index contributed by atoms with van der Waals surface area (Å²) in [5.74, 6) is 2.22. The summed E-state index contributed by atoms with van der Waals surface area (Å²) in [7, 11) is 0. The molecule has 2 fully saturated rings. The van der Waals surface area contributed by atoms with E-state index in [9.17, 15) is 4.79 Å². The Morgan fingerprint density at radius 1 is 1.03 bits per heavy atom. The number of hydrogen-bond donors (Lipinski definition) is 2. The minimum absolute atomic E-state index is 0.107. The average Bonchev–Trinajstić information content (AvgIpc) is 3.47. The van der Waals surface area contributed by atoms with Gasteiger partial charge in [-0.2, -0.15) is 0 Å². The third kappa shape index (κ3) is 4.84. The number of amides is 1. The predicted molar refractivity (Wildman–Crippen MR) is 117 cm³/mol. The Balaban J connectivity index is 1.11. The smallest absolute Gasteiger partial charge is 0.270 e. The van der Waals surface area contributed by atoms with Crippen LogP contribution in [0.5, 0.6) is 5.75 Å². The Bertz CT molecular complexity index is 888. The fourth-order valence-electron chi connectivity index (χ4n) is 4.36. The van der Waals surface area contributed by atoms with E-state index in [4.69, 9.17) is 4.74 Å². The molecule has 1 aromatic heterocycles. The third-order valence-electron chi connectivity index (χ3n) is 6.68. The lowest BCUT2D eigenvalue weighted by molar-refractivity contribution is 0.0933. The number of nitrogens with one attached hydrogen (secondary N) is 2. The summed E-state index contributed by atoms with van der Waals surface area (Å²) in [5.41, 5.74) is 4.49. The molecule has 2 saturated carbocycles. The van der Waals surface area contributed by atoms with Crippen molar-refractivity contribution < 1.29 is 9.53 Å². The quantitative estimate of drug-likeness (QED) is 0.668. The van der Waals surface area contributed by atoms with Crippen molar-refractivity contribution in [2.24, 2.45) is 11.8 Å². The highest BCUT2D eigenvalue weighted by molar-refractivity contribution is 5.92. The van der Waals surface area contributed by atoms with Crippen LogP contribution >= 0.6 is 0 Å². The van der Waals surface area contributed by atoms with Crippen LogP contribution < -0.4 is 15.4 Å². The van der Waals surface area contributed by atoms with Gasteiger partial charge in [0.2, 0.25) is 0 Å². The van der Waals surface area contributed by atoms with E-state index < -0.39 is 0 Å². The summed E-state index contributed by atoms with van der Waals surface area (Å²) < 4.78 is 5.70. The van der Waals surface area contributed by atoms with Crippen LogP contribution in [0.4, 0.5) is 0 Å². The van der Waals surface area contributed by atoms with E-state index in [0.29, 0.717) is 11.6 Å². The van der Waals surface area contributed by atoms with E-state index in [-0.39, 0.29) is 11.9 Å². The van der Waals surface area contributed by atoms with Crippen LogP contribution in [0.15, 0.2) is 36.5 Å². The first kappa shape index (κ1) is 19.6. The summed E-state index contributed by atoms with van der Waals surface area (Å²) >= 11 is 0. The lowest BCUT2D eigenvalue weighted by Crippen LogP contribution is -2.35. The van der Waals surface area contributed by atoms with E-state index in [2.05, 4.69) is 33.8 Å². The largest absolute Gasteiger partial charge is 0.492 e. The summed E-state index contributed by atoms with van der Waals surface area (Å²) in [6, 6.07) is 10.5. The molecule has 3 aliphatic carbocycles. The molecule has 2 aromatic rings. The molecule has 3 aliphatic rings. The van der Waals surface area contributed by atoms with Gasteiger partial charge in [0.15, 0.2) is 0 Å². The summed E-state index contributed by atoms with van der Waals surface area (Å²) in [5, 5.41) is 6.75. The van der Waals surface area contributed by atoms with Gasteiger partial charge in [-0.15, -0.1) is 0 Å². The molecule has 0 saturated heterocycles. The van der Waals surface area contributed by atoms with Gasteiger partial charge in [0.05, 0.1) is 12.8 Å². The van der Waals surface area contributed by atoms with Crippen LogP contribution in [-0.4, -0.2) is 30.1 Å². The average molecular weight is 406 g/mol. The third-order valence-corrected chi connectivity index (χ3v) is 6.68. The molecule has 0 radical (unpaired) electrons. The highest BCUT2D eigenvalue weighted by atomic mass is 16.5. The molecule has 30 heavy (non-hydrogen) atoms. The predicted octanol–water partition coefficient (Wildman–Crippen LogP) is 3.66. The van der Waals surface area contributed by atoms with Crippen molar-refractivity contribution in [3.05, 3.63) is 58.9 Å². The maximum Gasteiger partial charge on any atom is 0.270 e. The van der Waals surface area contributed by atoms with E-state index in [1.165, 1.54) is 48.8 Å². The molecular formula is C25H31N3O2. The number of benzene rings is 1. The lowest BCUT2D eigenvalue weighted by Gasteiger charge is -2.25. The van der Waals surface area contributed by atoms with Gasteiger partial charge in [-0.05, 0) is 85.7 Å². The zero-order valence-electron chi connectivity index (χ0n) is 17.5. The fourth-order valence-corrected chi connectivity index (χ4v) is 4.36. The van der Waals surface area contributed by atoms with Gasteiger partial charge in [0.1, 0.15) is 11.4 Å². The highest BCUT2D eigenvalue weighted by Gasteiger charge is 2.25. The van der Waals surface area contributed by atoms with Crippen molar-refractivity contribution in [2.75, 3.05) is 13.2 Å². The van der Waals surface area contributed by atoms with Crippen LogP contribution in [-0.2, 0) is 19.4 Å². The first-order valence-electron chi connectivity index (χ1n) is 11.4. The zero-order valence-corrected chi connectivity index (χ0v) is 17.5. The number of carbonyl (C=O) groups is 1. The molecule has 5 heteroatoms. The first-order valence-corrected chi connectivity index (χ1v) is 11.4. The van der Waals surface area contributed by atoms with Gasteiger partial charge in [-0.25, -0.2) is 4.98 Å². The normalized spacial score (nSPS) is 20.5. The van der Waals surface area contributed by atoms with Crippen molar-refractivity contribution in [3.63, 3.8) is 0 Å².